The van der Waals surface area contributed by atoms with Crippen LogP contribution in [-0.2, 0) is 6.42 Å². The summed E-state index contributed by atoms with van der Waals surface area (Å²) in [6, 6.07) is 12.7. The molecule has 2 aromatic rings. The van der Waals surface area contributed by atoms with Crippen LogP contribution in [0.2, 0.25) is 0 Å². The lowest BCUT2D eigenvalue weighted by Crippen LogP contribution is -2.14. The summed E-state index contributed by atoms with van der Waals surface area (Å²) in [5.41, 5.74) is 7.48. The molecule has 1 atom stereocenters. The third-order valence-corrected chi connectivity index (χ3v) is 3.39. The molecule has 0 aliphatic carbocycles. The summed E-state index contributed by atoms with van der Waals surface area (Å²) in [5.74, 6) is 1.24. The van der Waals surface area contributed by atoms with Crippen LogP contribution in [0.1, 0.15) is 17.0 Å². The molecule has 0 spiro atoms. The van der Waals surface area contributed by atoms with Gasteiger partial charge in [-0.2, -0.15) is 0 Å². The molecule has 0 bridgehead atoms. The van der Waals surface area contributed by atoms with Crippen LogP contribution >= 0.6 is 0 Å². The Morgan fingerprint density at radius 3 is 2.72 bits per heavy atom. The van der Waals surface area contributed by atoms with E-state index in [0.29, 0.717) is 24.3 Å². The molecular formula is C15H14FNO. The van der Waals surface area contributed by atoms with E-state index in [4.69, 9.17) is 10.5 Å². The van der Waals surface area contributed by atoms with Crippen molar-refractivity contribution in [2.75, 3.05) is 6.54 Å². The monoisotopic (exact) mass is 243 g/mol. The molecule has 2 nitrogen and oxygen atoms in total. The molecule has 18 heavy (non-hydrogen) atoms. The molecule has 1 aliphatic rings. The average molecular weight is 243 g/mol. The number of halogens is 1. The Morgan fingerprint density at radius 1 is 1.11 bits per heavy atom. The lowest BCUT2D eigenvalue weighted by atomic mass is 9.92. The first-order chi connectivity index (χ1) is 8.79. The second-order valence-corrected chi connectivity index (χ2v) is 4.49. The van der Waals surface area contributed by atoms with Gasteiger partial charge in [0.25, 0.3) is 0 Å². The Hall–Kier alpha value is -1.87. The molecule has 1 unspecified atom stereocenters. The van der Waals surface area contributed by atoms with Gasteiger partial charge in [0.05, 0.1) is 0 Å². The molecular weight excluding hydrogens is 229 g/mol. The van der Waals surface area contributed by atoms with Gasteiger partial charge in [-0.15, -0.1) is 0 Å². The fourth-order valence-electron chi connectivity index (χ4n) is 2.43. The van der Waals surface area contributed by atoms with Crippen LogP contribution in [0.15, 0.2) is 42.5 Å². The second-order valence-electron chi connectivity index (χ2n) is 4.49. The number of ether oxygens (including phenoxy) is 1. The van der Waals surface area contributed by atoms with Crippen molar-refractivity contribution in [3.8, 4) is 11.5 Å². The number of hydrogen-bond donors (Lipinski definition) is 1. The predicted molar refractivity (Wildman–Crippen MR) is 68.4 cm³/mol. The van der Waals surface area contributed by atoms with E-state index in [9.17, 15) is 4.39 Å². The van der Waals surface area contributed by atoms with E-state index in [-0.39, 0.29) is 11.7 Å². The van der Waals surface area contributed by atoms with E-state index in [1.165, 1.54) is 6.07 Å². The zero-order chi connectivity index (χ0) is 12.5. The minimum atomic E-state index is -0.223. The fraction of sp³-hybridized carbons (Fsp3) is 0.200. The van der Waals surface area contributed by atoms with E-state index in [1.54, 1.807) is 12.1 Å². The van der Waals surface area contributed by atoms with Gasteiger partial charge in [0.2, 0.25) is 0 Å². The van der Waals surface area contributed by atoms with Crippen molar-refractivity contribution in [2.45, 2.75) is 12.3 Å². The van der Waals surface area contributed by atoms with Crippen LogP contribution in [-0.4, -0.2) is 6.54 Å². The number of rotatable bonds is 1. The van der Waals surface area contributed by atoms with Gasteiger partial charge in [0.15, 0.2) is 0 Å². The normalized spacial score (nSPS) is 17.3. The van der Waals surface area contributed by atoms with Gasteiger partial charge < -0.3 is 10.5 Å². The molecule has 0 radical (unpaired) electrons. The Morgan fingerprint density at radius 2 is 1.89 bits per heavy atom. The maximum atomic E-state index is 13.9. The first-order valence-corrected chi connectivity index (χ1v) is 6.04. The molecule has 3 rings (SSSR count). The average Bonchev–Trinajstić information content (AvgIpc) is 2.55. The van der Waals surface area contributed by atoms with Gasteiger partial charge in [-0.25, -0.2) is 4.39 Å². The summed E-state index contributed by atoms with van der Waals surface area (Å²) < 4.78 is 19.7. The summed E-state index contributed by atoms with van der Waals surface area (Å²) in [7, 11) is 0. The predicted octanol–water partition coefficient (Wildman–Crippen LogP) is 3.22. The zero-order valence-electron chi connectivity index (χ0n) is 9.90. The Kier molecular flexibility index (Phi) is 2.76. The van der Waals surface area contributed by atoms with Crippen LogP contribution in [0.5, 0.6) is 11.5 Å². The molecule has 92 valence electrons. The van der Waals surface area contributed by atoms with Gasteiger partial charge in [-0.3, -0.25) is 0 Å². The number of nitrogens with two attached hydrogens (primary N) is 1. The summed E-state index contributed by atoms with van der Waals surface area (Å²) >= 11 is 0. The molecule has 2 N–H and O–H groups in total. The van der Waals surface area contributed by atoms with Crippen LogP contribution in [0.3, 0.4) is 0 Å². The van der Waals surface area contributed by atoms with Crippen LogP contribution < -0.4 is 10.5 Å². The molecule has 3 heteroatoms. The van der Waals surface area contributed by atoms with Gasteiger partial charge in [0.1, 0.15) is 17.3 Å². The summed E-state index contributed by atoms with van der Waals surface area (Å²) in [6.07, 6.45) is 0.579. The number of para-hydroxylation sites is 1. The zero-order valence-corrected chi connectivity index (χ0v) is 9.90. The SMILES string of the molecule is NCC1Cc2c(F)cccc2Oc2ccccc21. The molecule has 0 amide bonds. The maximum Gasteiger partial charge on any atom is 0.133 e. The first kappa shape index (κ1) is 11.2. The molecule has 1 heterocycles. The fourth-order valence-corrected chi connectivity index (χ4v) is 2.43. The van der Waals surface area contributed by atoms with Crippen LogP contribution in [0.4, 0.5) is 4.39 Å². The van der Waals surface area contributed by atoms with E-state index in [0.717, 1.165) is 11.3 Å². The highest BCUT2D eigenvalue weighted by Gasteiger charge is 2.24. The van der Waals surface area contributed by atoms with E-state index < -0.39 is 0 Å². The first-order valence-electron chi connectivity index (χ1n) is 6.04. The van der Waals surface area contributed by atoms with Crippen molar-refractivity contribution in [1.82, 2.24) is 0 Å². The highest BCUT2D eigenvalue weighted by molar-refractivity contribution is 5.47. The van der Waals surface area contributed by atoms with Gasteiger partial charge in [0, 0.05) is 11.5 Å². The van der Waals surface area contributed by atoms with Crippen molar-refractivity contribution in [1.29, 1.82) is 0 Å². The second kappa shape index (κ2) is 4.42. The Balaban J connectivity index is 2.16. The third kappa shape index (κ3) is 1.77. The molecule has 0 aromatic heterocycles. The lowest BCUT2D eigenvalue weighted by molar-refractivity contribution is 0.472. The van der Waals surface area contributed by atoms with Crippen LogP contribution in [0, 0.1) is 5.82 Å². The van der Waals surface area contributed by atoms with Gasteiger partial charge >= 0.3 is 0 Å². The highest BCUT2D eigenvalue weighted by atomic mass is 19.1. The van der Waals surface area contributed by atoms with Crippen molar-refractivity contribution < 1.29 is 9.13 Å². The number of benzene rings is 2. The van der Waals surface area contributed by atoms with E-state index in [2.05, 4.69) is 0 Å². The van der Waals surface area contributed by atoms with Crippen molar-refractivity contribution in [3.63, 3.8) is 0 Å². The van der Waals surface area contributed by atoms with Crippen molar-refractivity contribution in [3.05, 3.63) is 59.4 Å². The highest BCUT2D eigenvalue weighted by Crippen LogP contribution is 2.39. The Labute approximate surface area is 105 Å². The molecule has 0 fully saturated rings. The molecule has 0 saturated heterocycles. The number of hydrogen-bond acceptors (Lipinski definition) is 2. The van der Waals surface area contributed by atoms with Crippen molar-refractivity contribution in [2.24, 2.45) is 5.73 Å². The molecule has 1 aliphatic heterocycles. The maximum absolute atomic E-state index is 13.9. The van der Waals surface area contributed by atoms with E-state index in [1.807, 2.05) is 24.3 Å². The summed E-state index contributed by atoms with van der Waals surface area (Å²) in [5, 5.41) is 0. The van der Waals surface area contributed by atoms with Crippen molar-refractivity contribution >= 4 is 0 Å². The minimum absolute atomic E-state index is 0.0966. The summed E-state index contributed by atoms with van der Waals surface area (Å²) in [4.78, 5) is 0. The lowest BCUT2D eigenvalue weighted by Gasteiger charge is -2.13. The van der Waals surface area contributed by atoms with Crippen LogP contribution in [0.25, 0.3) is 0 Å². The molecule has 0 saturated carbocycles. The Bertz CT molecular complexity index is 582. The standard InChI is InChI=1S/C15H14FNO/c16-13-5-3-7-15-12(13)8-10(9-17)11-4-1-2-6-14(11)18-15/h1-7,10H,8-9,17H2. The largest absolute Gasteiger partial charge is 0.457 e. The molecule has 2 aromatic carbocycles. The third-order valence-electron chi connectivity index (χ3n) is 3.39. The minimum Gasteiger partial charge on any atom is -0.457 e. The van der Waals surface area contributed by atoms with Gasteiger partial charge in [-0.05, 0) is 36.7 Å². The smallest absolute Gasteiger partial charge is 0.133 e. The van der Waals surface area contributed by atoms with Gasteiger partial charge in [-0.1, -0.05) is 24.3 Å². The topological polar surface area (TPSA) is 35.2 Å². The number of fused-ring (bicyclic) bond motifs is 2. The summed E-state index contributed by atoms with van der Waals surface area (Å²) in [6.45, 7) is 0.480. The quantitative estimate of drug-likeness (QED) is 0.834. The van der Waals surface area contributed by atoms with E-state index >= 15 is 0 Å².